The fraction of sp³-hybridized carbons (Fsp3) is 0.125. The Hall–Kier alpha value is -0.0600. The van der Waals surface area contributed by atoms with Crippen molar-refractivity contribution in [3.05, 3.63) is 29.3 Å². The molecule has 0 unspecified atom stereocenters. The van der Waals surface area contributed by atoms with Gasteiger partial charge in [0.25, 0.3) is 0 Å². The van der Waals surface area contributed by atoms with E-state index in [1.54, 1.807) is 24.3 Å². The summed E-state index contributed by atoms with van der Waals surface area (Å²) in [6.07, 6.45) is 0. The molecule has 0 spiro atoms. The van der Waals surface area contributed by atoms with Gasteiger partial charge in [-0.05, 0) is 12.1 Å². The van der Waals surface area contributed by atoms with Crippen LogP contribution in [0.1, 0.15) is 0 Å². The van der Waals surface area contributed by atoms with E-state index in [0.717, 1.165) is 0 Å². The van der Waals surface area contributed by atoms with E-state index in [-0.39, 0.29) is 36.1 Å². The number of esters is 1. The van der Waals surface area contributed by atoms with Gasteiger partial charge in [0.15, 0.2) is 0 Å². The van der Waals surface area contributed by atoms with Crippen molar-refractivity contribution < 1.29 is 9.53 Å². The fourth-order valence-electron chi connectivity index (χ4n) is 0.692. The molecule has 0 aliphatic rings. The fourth-order valence-corrected chi connectivity index (χ4v) is 0.866. The molecule has 0 saturated heterocycles. The van der Waals surface area contributed by atoms with Crippen LogP contribution in [0.15, 0.2) is 24.3 Å². The summed E-state index contributed by atoms with van der Waals surface area (Å²) >= 11 is 5.71. The molecule has 3 nitrogen and oxygen atoms in total. The number of carbonyl (C=O) groups excluding carboxylic acids is 1. The van der Waals surface area contributed by atoms with Crippen molar-refractivity contribution in [1.29, 1.82) is 0 Å². The van der Waals surface area contributed by atoms with Gasteiger partial charge in [-0.25, -0.2) is 0 Å². The zero-order chi connectivity index (χ0) is 8.97. The summed E-state index contributed by atoms with van der Waals surface area (Å²) in [4.78, 5) is 10.7. The molecule has 0 aliphatic carbocycles. The van der Waals surface area contributed by atoms with Crippen LogP contribution in [0.4, 0.5) is 0 Å². The van der Waals surface area contributed by atoms with Gasteiger partial charge in [0.05, 0.1) is 11.6 Å². The van der Waals surface area contributed by atoms with Gasteiger partial charge in [0.1, 0.15) is 5.75 Å². The summed E-state index contributed by atoms with van der Waals surface area (Å²) in [6.45, 7) is -0.148. The molecule has 0 saturated carbocycles. The van der Waals surface area contributed by atoms with E-state index < -0.39 is 5.97 Å². The minimum absolute atomic E-state index is 0. The first kappa shape index (κ1) is 12.9. The Bertz CT molecular complexity index is 293. The second-order valence-corrected chi connectivity index (χ2v) is 2.52. The van der Waals surface area contributed by atoms with Crippen molar-refractivity contribution in [2.24, 2.45) is 5.73 Å². The van der Waals surface area contributed by atoms with Crippen molar-refractivity contribution in [3.63, 3.8) is 0 Å². The Morgan fingerprint density at radius 3 is 2.62 bits per heavy atom. The number of ether oxygens (including phenoxy) is 1. The number of hydrogen-bond acceptors (Lipinski definition) is 3. The van der Waals surface area contributed by atoms with Crippen LogP contribution in [0.25, 0.3) is 0 Å². The molecule has 0 aromatic heterocycles. The molecular formula is C8H9ClNNaO2. The number of benzene rings is 1. The van der Waals surface area contributed by atoms with Crippen LogP contribution in [0.5, 0.6) is 5.75 Å². The zero-order valence-corrected chi connectivity index (χ0v) is 7.04. The van der Waals surface area contributed by atoms with Crippen molar-refractivity contribution in [2.45, 2.75) is 0 Å². The maximum absolute atomic E-state index is 10.7. The number of nitrogens with two attached hydrogens (primary N) is 1. The van der Waals surface area contributed by atoms with Crippen LogP contribution in [-0.2, 0) is 4.79 Å². The third-order valence-electron chi connectivity index (χ3n) is 1.23. The molecule has 1 rings (SSSR count). The van der Waals surface area contributed by atoms with Crippen LogP contribution < -0.4 is 10.5 Å². The Balaban J connectivity index is 0.00000144. The quantitative estimate of drug-likeness (QED) is 0.440. The predicted molar refractivity (Wildman–Crippen MR) is 53.3 cm³/mol. The Morgan fingerprint density at radius 1 is 1.46 bits per heavy atom. The number of rotatable bonds is 2. The van der Waals surface area contributed by atoms with Gasteiger partial charge >= 0.3 is 35.5 Å². The zero-order valence-electron chi connectivity index (χ0n) is 6.29. The topological polar surface area (TPSA) is 52.3 Å². The van der Waals surface area contributed by atoms with E-state index in [0.29, 0.717) is 10.8 Å². The molecule has 0 bridgehead atoms. The van der Waals surface area contributed by atoms with Gasteiger partial charge in [-0.1, -0.05) is 23.7 Å². The van der Waals surface area contributed by atoms with Crippen molar-refractivity contribution in [2.75, 3.05) is 6.54 Å². The van der Waals surface area contributed by atoms with E-state index >= 15 is 0 Å². The van der Waals surface area contributed by atoms with E-state index in [1.165, 1.54) is 0 Å². The second-order valence-electron chi connectivity index (χ2n) is 2.11. The van der Waals surface area contributed by atoms with Gasteiger partial charge in [-0.3, -0.25) is 4.79 Å². The normalized spacial score (nSPS) is 8.77. The SMILES string of the molecule is NCC(=O)Oc1ccccc1Cl.[NaH]. The molecule has 5 heteroatoms. The van der Waals surface area contributed by atoms with E-state index in [2.05, 4.69) is 0 Å². The molecule has 0 atom stereocenters. The van der Waals surface area contributed by atoms with Crippen molar-refractivity contribution >= 4 is 47.1 Å². The van der Waals surface area contributed by atoms with Gasteiger partial charge < -0.3 is 10.5 Å². The second kappa shape index (κ2) is 6.40. The molecule has 0 fully saturated rings. The van der Waals surface area contributed by atoms with Crippen molar-refractivity contribution in [3.8, 4) is 5.75 Å². The molecule has 0 aliphatic heterocycles. The molecule has 13 heavy (non-hydrogen) atoms. The van der Waals surface area contributed by atoms with E-state index in [1.807, 2.05) is 0 Å². The van der Waals surface area contributed by atoms with Crippen LogP contribution in [0.3, 0.4) is 0 Å². The van der Waals surface area contributed by atoms with Gasteiger partial charge in [-0.15, -0.1) is 0 Å². The summed E-state index contributed by atoms with van der Waals surface area (Å²) in [7, 11) is 0. The van der Waals surface area contributed by atoms with Crippen LogP contribution in [-0.4, -0.2) is 42.1 Å². The number of hydrogen-bond donors (Lipinski definition) is 1. The first-order chi connectivity index (χ1) is 5.74. The Kier molecular flexibility index (Phi) is 6.37. The molecule has 1 aromatic rings. The standard InChI is InChI=1S/C8H8ClNO2.Na.H/c9-6-3-1-2-4-7(6)12-8(11)5-10;;/h1-4H,5,10H2;;. The predicted octanol–water partition coefficient (Wildman–Crippen LogP) is 0.556. The number of carbonyl (C=O) groups is 1. The summed E-state index contributed by atoms with van der Waals surface area (Å²) in [6, 6.07) is 6.73. The van der Waals surface area contributed by atoms with Gasteiger partial charge in [0.2, 0.25) is 0 Å². The van der Waals surface area contributed by atoms with Crippen LogP contribution in [0.2, 0.25) is 5.02 Å². The summed E-state index contributed by atoms with van der Waals surface area (Å²) in [5.41, 5.74) is 5.05. The summed E-state index contributed by atoms with van der Waals surface area (Å²) < 4.78 is 4.80. The molecule has 66 valence electrons. The Morgan fingerprint density at radius 2 is 2.08 bits per heavy atom. The number of halogens is 1. The van der Waals surface area contributed by atoms with Gasteiger partial charge in [0, 0.05) is 0 Å². The van der Waals surface area contributed by atoms with Crippen LogP contribution >= 0.6 is 11.6 Å². The molecule has 0 amide bonds. The number of para-hydroxylation sites is 1. The molecule has 0 radical (unpaired) electrons. The van der Waals surface area contributed by atoms with E-state index in [9.17, 15) is 4.79 Å². The molecular weight excluding hydrogens is 201 g/mol. The van der Waals surface area contributed by atoms with Gasteiger partial charge in [-0.2, -0.15) is 0 Å². The Labute approximate surface area is 103 Å². The summed E-state index contributed by atoms with van der Waals surface area (Å²) in [5, 5.41) is 0.402. The third kappa shape index (κ3) is 4.11. The first-order valence-electron chi connectivity index (χ1n) is 3.39. The third-order valence-corrected chi connectivity index (χ3v) is 1.54. The molecule has 2 N–H and O–H groups in total. The average Bonchev–Trinajstić information content (AvgIpc) is 2.09. The summed E-state index contributed by atoms with van der Waals surface area (Å²) in [5.74, 6) is -0.155. The van der Waals surface area contributed by atoms with E-state index in [4.69, 9.17) is 22.1 Å². The first-order valence-corrected chi connectivity index (χ1v) is 3.77. The average molecular weight is 210 g/mol. The van der Waals surface area contributed by atoms with Crippen LogP contribution in [0, 0.1) is 0 Å². The maximum atomic E-state index is 10.7. The van der Waals surface area contributed by atoms with Crippen molar-refractivity contribution in [1.82, 2.24) is 0 Å². The monoisotopic (exact) mass is 209 g/mol. The molecule has 0 heterocycles. The minimum atomic E-state index is -0.497. The molecule has 1 aromatic carbocycles.